The highest BCUT2D eigenvalue weighted by Crippen LogP contribution is 2.34. The fourth-order valence-corrected chi connectivity index (χ4v) is 2.72. The first kappa shape index (κ1) is 21.3. The Balaban J connectivity index is 2.13. The number of nitrogens with zero attached hydrogens (tertiary/aromatic N) is 1. The Hall–Kier alpha value is -3.01. The van der Waals surface area contributed by atoms with Crippen molar-refractivity contribution in [3.05, 3.63) is 64.7 Å². The van der Waals surface area contributed by atoms with Gasteiger partial charge in [-0.05, 0) is 37.1 Å². The van der Waals surface area contributed by atoms with Gasteiger partial charge in [0.1, 0.15) is 5.75 Å². The van der Waals surface area contributed by atoms with E-state index in [1.54, 1.807) is 0 Å². The van der Waals surface area contributed by atoms with E-state index in [1.807, 2.05) is 38.1 Å². The number of nitrogens with one attached hydrogen (secondary N) is 1. The molecule has 0 aliphatic heterocycles. The number of rotatable bonds is 7. The van der Waals surface area contributed by atoms with Crippen molar-refractivity contribution in [2.24, 2.45) is 0 Å². The van der Waals surface area contributed by atoms with Gasteiger partial charge in [-0.15, -0.1) is 0 Å². The summed E-state index contributed by atoms with van der Waals surface area (Å²) in [5.41, 5.74) is 0.408. The standard InChI is InChI=1S/C21H21F3N2O2/c1-3-5-19(20(27)26-13-15-7-4-6-14(2)10-15)28-17-9-8-16(12-25)18(11-17)21(22,23)24/h4,6-11,19H,3,5,13H2,1-2H3,(H,26,27)/t19-/m0/s1. The predicted molar refractivity (Wildman–Crippen MR) is 98.5 cm³/mol. The number of hydrogen-bond donors (Lipinski definition) is 1. The lowest BCUT2D eigenvalue weighted by Gasteiger charge is -2.19. The summed E-state index contributed by atoms with van der Waals surface area (Å²) in [5.74, 6) is -0.503. The van der Waals surface area contributed by atoms with Gasteiger partial charge >= 0.3 is 6.18 Å². The van der Waals surface area contributed by atoms with E-state index in [9.17, 15) is 18.0 Å². The lowest BCUT2D eigenvalue weighted by Crippen LogP contribution is -2.38. The molecule has 0 radical (unpaired) electrons. The van der Waals surface area contributed by atoms with E-state index in [0.717, 1.165) is 23.3 Å². The van der Waals surface area contributed by atoms with Crippen molar-refractivity contribution in [2.45, 2.75) is 45.5 Å². The van der Waals surface area contributed by atoms with Crippen molar-refractivity contribution in [1.82, 2.24) is 5.32 Å². The monoisotopic (exact) mass is 390 g/mol. The lowest BCUT2D eigenvalue weighted by molar-refractivity contribution is -0.137. The number of aryl methyl sites for hydroxylation is 1. The molecule has 0 bridgehead atoms. The second kappa shape index (κ2) is 9.27. The van der Waals surface area contributed by atoms with Crippen LogP contribution in [0.1, 0.15) is 42.0 Å². The zero-order chi connectivity index (χ0) is 20.7. The second-order valence-electron chi connectivity index (χ2n) is 6.42. The van der Waals surface area contributed by atoms with Crippen molar-refractivity contribution < 1.29 is 22.7 Å². The summed E-state index contributed by atoms with van der Waals surface area (Å²) in [6.07, 6.45) is -4.65. The summed E-state index contributed by atoms with van der Waals surface area (Å²) >= 11 is 0. The smallest absolute Gasteiger partial charge is 0.417 e. The van der Waals surface area contributed by atoms with E-state index in [0.29, 0.717) is 19.4 Å². The minimum atomic E-state index is -4.68. The highest BCUT2D eigenvalue weighted by Gasteiger charge is 2.34. The molecule has 1 N–H and O–H groups in total. The minimum Gasteiger partial charge on any atom is -0.481 e. The maximum atomic E-state index is 13.1. The van der Waals surface area contributed by atoms with E-state index in [4.69, 9.17) is 10.00 Å². The summed E-state index contributed by atoms with van der Waals surface area (Å²) in [5, 5.41) is 11.6. The van der Waals surface area contributed by atoms with E-state index in [2.05, 4.69) is 5.32 Å². The quantitative estimate of drug-likeness (QED) is 0.742. The molecule has 1 amide bonds. The summed E-state index contributed by atoms with van der Waals surface area (Å²) in [7, 11) is 0. The molecule has 2 aromatic carbocycles. The Bertz CT molecular complexity index is 873. The third-order valence-corrected chi connectivity index (χ3v) is 4.09. The molecule has 1 atom stereocenters. The molecule has 0 saturated carbocycles. The van der Waals surface area contributed by atoms with Gasteiger partial charge in [-0.25, -0.2) is 0 Å². The first-order valence-corrected chi connectivity index (χ1v) is 8.86. The number of hydrogen-bond acceptors (Lipinski definition) is 3. The van der Waals surface area contributed by atoms with Crippen LogP contribution in [0.25, 0.3) is 0 Å². The number of carbonyl (C=O) groups excluding carboxylic acids is 1. The highest BCUT2D eigenvalue weighted by molar-refractivity contribution is 5.81. The fourth-order valence-electron chi connectivity index (χ4n) is 2.72. The van der Waals surface area contributed by atoms with Crippen molar-refractivity contribution in [2.75, 3.05) is 0 Å². The average Bonchev–Trinajstić information content (AvgIpc) is 2.65. The van der Waals surface area contributed by atoms with Gasteiger partial charge < -0.3 is 10.1 Å². The number of alkyl halides is 3. The third kappa shape index (κ3) is 5.74. The predicted octanol–water partition coefficient (Wildman–Crippen LogP) is 4.75. The first-order chi connectivity index (χ1) is 13.2. The summed E-state index contributed by atoms with van der Waals surface area (Å²) in [6, 6.07) is 12.2. The summed E-state index contributed by atoms with van der Waals surface area (Å²) in [4.78, 5) is 12.5. The molecule has 0 aliphatic carbocycles. The van der Waals surface area contributed by atoms with Gasteiger partial charge in [0.05, 0.1) is 17.2 Å². The second-order valence-corrected chi connectivity index (χ2v) is 6.42. The van der Waals surface area contributed by atoms with E-state index in [1.165, 1.54) is 12.1 Å². The third-order valence-electron chi connectivity index (χ3n) is 4.09. The fraction of sp³-hybridized carbons (Fsp3) is 0.333. The Morgan fingerprint density at radius 3 is 2.61 bits per heavy atom. The van der Waals surface area contributed by atoms with Crippen LogP contribution in [0.2, 0.25) is 0 Å². The molecule has 28 heavy (non-hydrogen) atoms. The van der Waals surface area contributed by atoms with Crippen LogP contribution >= 0.6 is 0 Å². The number of benzene rings is 2. The van der Waals surface area contributed by atoms with Gasteiger partial charge in [-0.2, -0.15) is 18.4 Å². The van der Waals surface area contributed by atoms with Crippen LogP contribution in [0.3, 0.4) is 0 Å². The molecule has 0 unspecified atom stereocenters. The molecular formula is C21H21F3N2O2. The largest absolute Gasteiger partial charge is 0.481 e. The topological polar surface area (TPSA) is 62.1 Å². The number of ether oxygens (including phenoxy) is 1. The Morgan fingerprint density at radius 2 is 2.00 bits per heavy atom. The molecule has 0 fully saturated rings. The molecule has 0 saturated heterocycles. The Morgan fingerprint density at radius 1 is 1.25 bits per heavy atom. The van der Waals surface area contributed by atoms with E-state index in [-0.39, 0.29) is 5.75 Å². The van der Waals surface area contributed by atoms with E-state index >= 15 is 0 Å². The van der Waals surface area contributed by atoms with Crippen molar-refractivity contribution in [3.63, 3.8) is 0 Å². The van der Waals surface area contributed by atoms with Gasteiger partial charge in [0, 0.05) is 6.54 Å². The number of halogens is 3. The average molecular weight is 390 g/mol. The van der Waals surface area contributed by atoms with Crippen LogP contribution < -0.4 is 10.1 Å². The molecule has 4 nitrogen and oxygen atoms in total. The first-order valence-electron chi connectivity index (χ1n) is 8.86. The van der Waals surface area contributed by atoms with E-state index < -0.39 is 29.3 Å². The normalized spacial score (nSPS) is 12.1. The zero-order valence-electron chi connectivity index (χ0n) is 15.6. The van der Waals surface area contributed by atoms with Gasteiger partial charge in [0.2, 0.25) is 0 Å². The van der Waals surface area contributed by atoms with Gasteiger partial charge in [-0.3, -0.25) is 4.79 Å². The maximum absolute atomic E-state index is 13.1. The molecule has 2 aromatic rings. The summed E-state index contributed by atoms with van der Waals surface area (Å²) in [6.45, 7) is 4.09. The highest BCUT2D eigenvalue weighted by atomic mass is 19.4. The van der Waals surface area contributed by atoms with Crippen LogP contribution in [0.5, 0.6) is 5.75 Å². The molecule has 2 rings (SSSR count). The Labute approximate surface area is 161 Å². The van der Waals surface area contributed by atoms with Gasteiger partial charge in [0.25, 0.3) is 5.91 Å². The van der Waals surface area contributed by atoms with Gasteiger partial charge in [0.15, 0.2) is 6.10 Å². The molecular weight excluding hydrogens is 369 g/mol. The molecule has 0 aliphatic rings. The summed E-state index contributed by atoms with van der Waals surface area (Å²) < 4.78 is 44.9. The number of amides is 1. The number of nitriles is 1. The van der Waals surface area contributed by atoms with Crippen LogP contribution in [-0.4, -0.2) is 12.0 Å². The lowest BCUT2D eigenvalue weighted by atomic mass is 10.1. The maximum Gasteiger partial charge on any atom is 0.417 e. The Kier molecular flexibility index (Phi) is 7.05. The van der Waals surface area contributed by atoms with Crippen molar-refractivity contribution >= 4 is 5.91 Å². The van der Waals surface area contributed by atoms with Crippen molar-refractivity contribution in [1.29, 1.82) is 5.26 Å². The SMILES string of the molecule is CCC[C@H](Oc1ccc(C#N)c(C(F)(F)F)c1)C(=O)NCc1cccc(C)c1. The zero-order valence-corrected chi connectivity index (χ0v) is 15.6. The molecule has 148 valence electrons. The molecule has 0 aromatic heterocycles. The van der Waals surface area contributed by atoms with Crippen molar-refractivity contribution in [3.8, 4) is 11.8 Å². The molecule has 0 heterocycles. The minimum absolute atomic E-state index is 0.101. The van der Waals surface area contributed by atoms with Crippen LogP contribution in [-0.2, 0) is 17.5 Å². The molecule has 7 heteroatoms. The van der Waals surface area contributed by atoms with Crippen LogP contribution in [0, 0.1) is 18.3 Å². The molecule has 0 spiro atoms. The van der Waals surface area contributed by atoms with Crippen LogP contribution in [0.4, 0.5) is 13.2 Å². The van der Waals surface area contributed by atoms with Gasteiger partial charge in [-0.1, -0.05) is 43.2 Å². The van der Waals surface area contributed by atoms with Crippen LogP contribution in [0.15, 0.2) is 42.5 Å². The number of carbonyl (C=O) groups is 1.